The van der Waals surface area contributed by atoms with Crippen LogP contribution in [0, 0.1) is 5.82 Å². The topological polar surface area (TPSA) is 61.3 Å². The van der Waals surface area contributed by atoms with Crippen LogP contribution in [0.4, 0.5) is 10.1 Å². The number of hydrogen-bond donors (Lipinski definition) is 2. The van der Waals surface area contributed by atoms with E-state index in [1.54, 1.807) is 12.1 Å². The minimum absolute atomic E-state index is 0.0814. The summed E-state index contributed by atoms with van der Waals surface area (Å²) in [5.41, 5.74) is 11.7. The molecule has 0 atom stereocenters. The third-order valence-corrected chi connectivity index (χ3v) is 2.97. The van der Waals surface area contributed by atoms with Crippen LogP contribution in [-0.2, 0) is 0 Å². The molecule has 2 rings (SSSR count). The second kappa shape index (κ2) is 4.70. The normalized spacial score (nSPS) is 25.4. The zero-order valence-corrected chi connectivity index (χ0v) is 9.16. The van der Waals surface area contributed by atoms with E-state index >= 15 is 0 Å². The first-order valence-corrected chi connectivity index (χ1v) is 5.62. The number of ether oxygens (including phenoxy) is 1. The van der Waals surface area contributed by atoms with Crippen LogP contribution in [0.2, 0.25) is 0 Å². The van der Waals surface area contributed by atoms with Crippen LogP contribution >= 0.6 is 0 Å². The number of anilines is 1. The van der Waals surface area contributed by atoms with Gasteiger partial charge >= 0.3 is 0 Å². The molecule has 1 saturated carbocycles. The third-order valence-electron chi connectivity index (χ3n) is 2.97. The van der Waals surface area contributed by atoms with Gasteiger partial charge in [0, 0.05) is 17.8 Å². The van der Waals surface area contributed by atoms with E-state index in [2.05, 4.69) is 0 Å². The fourth-order valence-electron chi connectivity index (χ4n) is 2.00. The van der Waals surface area contributed by atoms with Crippen LogP contribution in [0.5, 0.6) is 5.75 Å². The average Bonchev–Trinajstić information content (AvgIpc) is 2.25. The molecule has 0 saturated heterocycles. The Morgan fingerprint density at radius 2 is 1.88 bits per heavy atom. The molecule has 1 aliphatic carbocycles. The molecule has 0 aliphatic heterocycles. The summed E-state index contributed by atoms with van der Waals surface area (Å²) in [4.78, 5) is 0. The fraction of sp³-hybridized carbons (Fsp3) is 0.500. The van der Waals surface area contributed by atoms with E-state index in [9.17, 15) is 4.39 Å². The van der Waals surface area contributed by atoms with Gasteiger partial charge in [-0.05, 0) is 37.8 Å². The Morgan fingerprint density at radius 1 is 1.19 bits per heavy atom. The Balaban J connectivity index is 1.98. The van der Waals surface area contributed by atoms with Gasteiger partial charge in [-0.15, -0.1) is 0 Å². The highest BCUT2D eigenvalue weighted by Crippen LogP contribution is 2.26. The summed E-state index contributed by atoms with van der Waals surface area (Å²) in [6.45, 7) is 0. The first-order valence-electron chi connectivity index (χ1n) is 5.62. The highest BCUT2D eigenvalue weighted by atomic mass is 19.1. The lowest BCUT2D eigenvalue weighted by atomic mass is 9.94. The first kappa shape index (κ1) is 11.2. The Morgan fingerprint density at radius 3 is 2.50 bits per heavy atom. The molecule has 4 heteroatoms. The summed E-state index contributed by atoms with van der Waals surface area (Å²) in [6, 6.07) is 4.78. The van der Waals surface area contributed by atoms with Crippen molar-refractivity contribution >= 4 is 5.69 Å². The number of benzene rings is 1. The smallest absolute Gasteiger partial charge is 0.167 e. The number of hydrogen-bond acceptors (Lipinski definition) is 3. The summed E-state index contributed by atoms with van der Waals surface area (Å²) in [5, 5.41) is 0. The predicted molar refractivity (Wildman–Crippen MR) is 61.7 cm³/mol. The SMILES string of the molecule is Nc1ccc(OC2CCC(N)CC2)c(F)c1. The molecule has 1 fully saturated rings. The van der Waals surface area contributed by atoms with Crippen LogP contribution in [0.3, 0.4) is 0 Å². The molecule has 16 heavy (non-hydrogen) atoms. The molecular weight excluding hydrogens is 207 g/mol. The molecule has 0 amide bonds. The maximum absolute atomic E-state index is 13.5. The van der Waals surface area contributed by atoms with E-state index < -0.39 is 5.82 Å². The minimum atomic E-state index is -0.394. The second-order valence-electron chi connectivity index (χ2n) is 4.34. The van der Waals surface area contributed by atoms with Gasteiger partial charge in [0.25, 0.3) is 0 Å². The quantitative estimate of drug-likeness (QED) is 0.756. The number of nitrogens with two attached hydrogens (primary N) is 2. The van der Waals surface area contributed by atoms with Gasteiger partial charge in [0.1, 0.15) is 0 Å². The lowest BCUT2D eigenvalue weighted by Gasteiger charge is -2.26. The third kappa shape index (κ3) is 2.64. The highest BCUT2D eigenvalue weighted by molar-refractivity contribution is 5.42. The van der Waals surface area contributed by atoms with Crippen LogP contribution in [-0.4, -0.2) is 12.1 Å². The number of nitrogen functional groups attached to an aromatic ring is 1. The van der Waals surface area contributed by atoms with Crippen molar-refractivity contribution in [3.8, 4) is 5.75 Å². The van der Waals surface area contributed by atoms with Crippen LogP contribution < -0.4 is 16.2 Å². The zero-order chi connectivity index (χ0) is 11.5. The van der Waals surface area contributed by atoms with Crippen molar-refractivity contribution in [2.45, 2.75) is 37.8 Å². The van der Waals surface area contributed by atoms with E-state index in [0.717, 1.165) is 25.7 Å². The number of halogens is 1. The Hall–Kier alpha value is -1.29. The van der Waals surface area contributed by atoms with E-state index in [-0.39, 0.29) is 17.9 Å². The molecule has 4 N–H and O–H groups in total. The first-order chi connectivity index (χ1) is 7.65. The van der Waals surface area contributed by atoms with Gasteiger partial charge in [-0.1, -0.05) is 0 Å². The standard InChI is InChI=1S/C12H17FN2O/c13-11-7-9(15)3-6-12(11)16-10-4-1-8(14)2-5-10/h3,6-8,10H,1-2,4-5,14-15H2. The minimum Gasteiger partial charge on any atom is -0.487 e. The van der Waals surface area contributed by atoms with Crippen molar-refractivity contribution in [1.82, 2.24) is 0 Å². The largest absolute Gasteiger partial charge is 0.487 e. The Labute approximate surface area is 94.6 Å². The monoisotopic (exact) mass is 224 g/mol. The van der Waals surface area contributed by atoms with Crippen molar-refractivity contribution in [2.24, 2.45) is 5.73 Å². The Bertz CT molecular complexity index is 362. The molecule has 88 valence electrons. The Kier molecular flexibility index (Phi) is 3.29. The van der Waals surface area contributed by atoms with Gasteiger partial charge in [0.15, 0.2) is 11.6 Å². The second-order valence-corrected chi connectivity index (χ2v) is 4.34. The van der Waals surface area contributed by atoms with Crippen molar-refractivity contribution in [3.05, 3.63) is 24.0 Å². The van der Waals surface area contributed by atoms with Crippen molar-refractivity contribution in [1.29, 1.82) is 0 Å². The highest BCUT2D eigenvalue weighted by Gasteiger charge is 2.20. The van der Waals surface area contributed by atoms with Crippen molar-refractivity contribution in [2.75, 3.05) is 5.73 Å². The fourth-order valence-corrected chi connectivity index (χ4v) is 2.00. The lowest BCUT2D eigenvalue weighted by molar-refractivity contribution is 0.141. The zero-order valence-electron chi connectivity index (χ0n) is 9.16. The average molecular weight is 224 g/mol. The van der Waals surface area contributed by atoms with Crippen LogP contribution in [0.1, 0.15) is 25.7 Å². The van der Waals surface area contributed by atoms with Gasteiger partial charge in [-0.3, -0.25) is 0 Å². The molecule has 1 aliphatic rings. The van der Waals surface area contributed by atoms with Gasteiger partial charge < -0.3 is 16.2 Å². The maximum atomic E-state index is 13.5. The number of rotatable bonds is 2. The molecule has 0 radical (unpaired) electrons. The lowest BCUT2D eigenvalue weighted by Crippen LogP contribution is -2.31. The molecule has 1 aromatic carbocycles. The molecule has 3 nitrogen and oxygen atoms in total. The van der Waals surface area contributed by atoms with Gasteiger partial charge in [-0.2, -0.15) is 0 Å². The predicted octanol–water partition coefficient (Wildman–Crippen LogP) is 2.06. The molecule has 0 unspecified atom stereocenters. The van der Waals surface area contributed by atoms with Gasteiger partial charge in [0.2, 0.25) is 0 Å². The van der Waals surface area contributed by atoms with Gasteiger partial charge in [0.05, 0.1) is 6.10 Å². The molecule has 0 spiro atoms. The molecule has 0 heterocycles. The van der Waals surface area contributed by atoms with Crippen LogP contribution in [0.15, 0.2) is 18.2 Å². The van der Waals surface area contributed by atoms with E-state index in [4.69, 9.17) is 16.2 Å². The van der Waals surface area contributed by atoms with Crippen LogP contribution in [0.25, 0.3) is 0 Å². The van der Waals surface area contributed by atoms with Crippen molar-refractivity contribution in [3.63, 3.8) is 0 Å². The summed E-state index contributed by atoms with van der Waals surface area (Å²) in [6.07, 6.45) is 3.76. The summed E-state index contributed by atoms with van der Waals surface area (Å²) >= 11 is 0. The molecule has 0 aromatic heterocycles. The summed E-state index contributed by atoms with van der Waals surface area (Å²) < 4.78 is 19.1. The molecular formula is C12H17FN2O. The van der Waals surface area contributed by atoms with E-state index in [1.807, 2.05) is 0 Å². The summed E-state index contributed by atoms with van der Waals surface area (Å²) in [5.74, 6) is -0.107. The van der Waals surface area contributed by atoms with E-state index in [1.165, 1.54) is 6.07 Å². The summed E-state index contributed by atoms with van der Waals surface area (Å²) in [7, 11) is 0. The van der Waals surface area contributed by atoms with Crippen molar-refractivity contribution < 1.29 is 9.13 Å². The molecule has 0 bridgehead atoms. The van der Waals surface area contributed by atoms with E-state index in [0.29, 0.717) is 5.69 Å². The molecule has 1 aromatic rings. The maximum Gasteiger partial charge on any atom is 0.167 e. The van der Waals surface area contributed by atoms with Gasteiger partial charge in [-0.25, -0.2) is 4.39 Å².